The Labute approximate surface area is 190 Å². The third kappa shape index (κ3) is 4.70. The molecule has 2 aliphatic rings. The number of carbonyl (C=O) groups excluding carboxylic acids is 3. The second-order valence-corrected chi connectivity index (χ2v) is 9.16. The molecule has 0 aromatic heterocycles. The third-order valence-corrected chi connectivity index (χ3v) is 6.66. The molecule has 2 aromatic rings. The smallest absolute Gasteiger partial charge is 0.313 e. The van der Waals surface area contributed by atoms with E-state index in [1.807, 2.05) is 18.2 Å². The van der Waals surface area contributed by atoms with E-state index in [-0.39, 0.29) is 5.91 Å². The molecule has 0 bridgehead atoms. The Bertz CT molecular complexity index is 1070. The standard InChI is InChI=1S/C23H23Cl2N3O3/c1-14(29)28-12-16-4-6-19(9-17(16)13-28)26-21(30)22(31)27-23(7-2-8-23)11-15-3-5-18(24)10-20(15)25/h3-6,9-10H,2,7-8,11-13H2,1H3,(H,26,30)(H,27,31). The van der Waals surface area contributed by atoms with E-state index in [1.165, 1.54) is 6.92 Å². The summed E-state index contributed by atoms with van der Waals surface area (Å²) in [6, 6.07) is 10.7. The van der Waals surface area contributed by atoms with E-state index in [0.717, 1.165) is 36.0 Å². The van der Waals surface area contributed by atoms with Gasteiger partial charge >= 0.3 is 11.8 Å². The fourth-order valence-corrected chi connectivity index (χ4v) is 4.63. The summed E-state index contributed by atoms with van der Waals surface area (Å²) in [6.45, 7) is 2.60. The summed E-state index contributed by atoms with van der Waals surface area (Å²) in [5, 5.41) is 6.70. The van der Waals surface area contributed by atoms with Crippen LogP contribution in [-0.4, -0.2) is 28.2 Å². The Kier molecular flexibility index (Phi) is 5.95. The zero-order valence-electron chi connectivity index (χ0n) is 17.1. The van der Waals surface area contributed by atoms with Crippen molar-refractivity contribution in [2.75, 3.05) is 5.32 Å². The van der Waals surface area contributed by atoms with Gasteiger partial charge in [0.25, 0.3) is 0 Å². The number of nitrogens with zero attached hydrogens (tertiary/aromatic N) is 1. The van der Waals surface area contributed by atoms with Crippen molar-refractivity contribution < 1.29 is 14.4 Å². The number of benzene rings is 2. The number of halogens is 2. The molecular weight excluding hydrogens is 437 g/mol. The van der Waals surface area contributed by atoms with Gasteiger partial charge in [0, 0.05) is 41.3 Å². The van der Waals surface area contributed by atoms with Crippen LogP contribution in [0.3, 0.4) is 0 Å². The first-order valence-electron chi connectivity index (χ1n) is 10.2. The van der Waals surface area contributed by atoms with Crippen molar-refractivity contribution in [3.63, 3.8) is 0 Å². The van der Waals surface area contributed by atoms with Crippen molar-refractivity contribution in [1.29, 1.82) is 0 Å². The van der Waals surface area contributed by atoms with Crippen LogP contribution >= 0.6 is 23.2 Å². The van der Waals surface area contributed by atoms with E-state index < -0.39 is 17.4 Å². The van der Waals surface area contributed by atoms with E-state index in [4.69, 9.17) is 23.2 Å². The molecule has 31 heavy (non-hydrogen) atoms. The molecule has 162 valence electrons. The van der Waals surface area contributed by atoms with Gasteiger partial charge < -0.3 is 15.5 Å². The van der Waals surface area contributed by atoms with Crippen LogP contribution in [-0.2, 0) is 33.9 Å². The summed E-state index contributed by atoms with van der Waals surface area (Å²) in [5.41, 5.74) is 2.96. The summed E-state index contributed by atoms with van der Waals surface area (Å²) in [7, 11) is 0. The van der Waals surface area contributed by atoms with Crippen molar-refractivity contribution >= 4 is 46.6 Å². The van der Waals surface area contributed by atoms with E-state index in [9.17, 15) is 14.4 Å². The SMILES string of the molecule is CC(=O)N1Cc2ccc(NC(=O)C(=O)NC3(Cc4ccc(Cl)cc4Cl)CCC3)cc2C1. The van der Waals surface area contributed by atoms with Gasteiger partial charge in [0.2, 0.25) is 5.91 Å². The van der Waals surface area contributed by atoms with Crippen molar-refractivity contribution in [3.8, 4) is 0 Å². The van der Waals surface area contributed by atoms with Crippen LogP contribution in [0.15, 0.2) is 36.4 Å². The molecule has 1 aliphatic heterocycles. The molecule has 1 heterocycles. The predicted molar refractivity (Wildman–Crippen MR) is 120 cm³/mol. The first-order chi connectivity index (χ1) is 14.7. The highest BCUT2D eigenvalue weighted by atomic mass is 35.5. The fraction of sp³-hybridized carbons (Fsp3) is 0.348. The van der Waals surface area contributed by atoms with Crippen LogP contribution in [0, 0.1) is 0 Å². The zero-order chi connectivity index (χ0) is 22.2. The Hall–Kier alpha value is -2.57. The summed E-state index contributed by atoms with van der Waals surface area (Å²) in [6.07, 6.45) is 3.09. The van der Waals surface area contributed by atoms with Crippen molar-refractivity contribution in [2.45, 2.75) is 51.2 Å². The van der Waals surface area contributed by atoms with Gasteiger partial charge in [-0.3, -0.25) is 14.4 Å². The van der Waals surface area contributed by atoms with Gasteiger partial charge in [0.05, 0.1) is 0 Å². The minimum absolute atomic E-state index is 0.00718. The van der Waals surface area contributed by atoms with E-state index in [0.29, 0.717) is 35.2 Å². The lowest BCUT2D eigenvalue weighted by molar-refractivity contribution is -0.138. The van der Waals surface area contributed by atoms with Crippen molar-refractivity contribution in [3.05, 3.63) is 63.1 Å². The van der Waals surface area contributed by atoms with Gasteiger partial charge in [0.15, 0.2) is 0 Å². The van der Waals surface area contributed by atoms with Gasteiger partial charge in [-0.1, -0.05) is 35.3 Å². The first kappa shape index (κ1) is 21.7. The number of hydrogen-bond donors (Lipinski definition) is 2. The maximum atomic E-state index is 12.6. The number of fused-ring (bicyclic) bond motifs is 1. The lowest BCUT2D eigenvalue weighted by atomic mass is 9.72. The molecule has 6 nitrogen and oxygen atoms in total. The number of anilines is 1. The van der Waals surface area contributed by atoms with Gasteiger partial charge in [-0.25, -0.2) is 0 Å². The summed E-state index contributed by atoms with van der Waals surface area (Å²) in [4.78, 5) is 38.5. The highest BCUT2D eigenvalue weighted by Gasteiger charge is 2.40. The Morgan fingerprint density at radius 3 is 2.39 bits per heavy atom. The van der Waals surface area contributed by atoms with Crippen molar-refractivity contribution in [1.82, 2.24) is 10.2 Å². The number of amides is 3. The average Bonchev–Trinajstić information content (AvgIpc) is 3.11. The third-order valence-electron chi connectivity index (χ3n) is 6.07. The topological polar surface area (TPSA) is 78.5 Å². The maximum absolute atomic E-state index is 12.6. The van der Waals surface area contributed by atoms with E-state index in [2.05, 4.69) is 10.6 Å². The predicted octanol–water partition coefficient (Wildman–Crippen LogP) is 4.08. The Morgan fingerprint density at radius 2 is 1.74 bits per heavy atom. The van der Waals surface area contributed by atoms with Crippen LogP contribution in [0.4, 0.5) is 5.69 Å². The van der Waals surface area contributed by atoms with Gasteiger partial charge in [-0.15, -0.1) is 0 Å². The van der Waals surface area contributed by atoms with Crippen LogP contribution in [0.5, 0.6) is 0 Å². The second-order valence-electron chi connectivity index (χ2n) is 8.31. The average molecular weight is 460 g/mol. The number of hydrogen-bond acceptors (Lipinski definition) is 3. The highest BCUT2D eigenvalue weighted by molar-refractivity contribution is 6.39. The summed E-state index contributed by atoms with van der Waals surface area (Å²) >= 11 is 12.3. The second kappa shape index (κ2) is 8.52. The number of rotatable bonds is 4. The molecule has 2 aromatic carbocycles. The molecule has 0 spiro atoms. The highest BCUT2D eigenvalue weighted by Crippen LogP contribution is 2.37. The summed E-state index contributed by atoms with van der Waals surface area (Å²) < 4.78 is 0. The molecule has 1 aliphatic carbocycles. The number of nitrogens with one attached hydrogen (secondary N) is 2. The van der Waals surface area contributed by atoms with Crippen LogP contribution in [0.2, 0.25) is 10.0 Å². The molecule has 2 N–H and O–H groups in total. The first-order valence-corrected chi connectivity index (χ1v) is 10.9. The molecule has 4 rings (SSSR count). The molecular formula is C23H23Cl2N3O3. The Morgan fingerprint density at radius 1 is 1.00 bits per heavy atom. The molecule has 1 fully saturated rings. The normalized spacial score (nSPS) is 16.3. The lowest BCUT2D eigenvalue weighted by Crippen LogP contribution is -2.57. The molecule has 0 radical (unpaired) electrons. The quantitative estimate of drug-likeness (QED) is 0.676. The van der Waals surface area contributed by atoms with Crippen LogP contribution in [0.25, 0.3) is 0 Å². The molecule has 0 unspecified atom stereocenters. The molecule has 8 heteroatoms. The minimum atomic E-state index is -0.713. The van der Waals surface area contributed by atoms with Crippen LogP contribution < -0.4 is 10.6 Å². The Balaban J connectivity index is 1.40. The lowest BCUT2D eigenvalue weighted by Gasteiger charge is -2.42. The molecule has 0 atom stereocenters. The van der Waals surface area contributed by atoms with E-state index >= 15 is 0 Å². The van der Waals surface area contributed by atoms with Crippen LogP contribution in [0.1, 0.15) is 42.9 Å². The maximum Gasteiger partial charge on any atom is 0.313 e. The van der Waals surface area contributed by atoms with Gasteiger partial charge in [-0.2, -0.15) is 0 Å². The summed E-state index contributed by atoms with van der Waals surface area (Å²) in [5.74, 6) is -1.38. The van der Waals surface area contributed by atoms with Gasteiger partial charge in [0.1, 0.15) is 0 Å². The van der Waals surface area contributed by atoms with E-state index in [1.54, 1.807) is 23.1 Å². The fourth-order valence-electron chi connectivity index (χ4n) is 4.16. The molecule has 1 saturated carbocycles. The monoisotopic (exact) mass is 459 g/mol. The largest absolute Gasteiger partial charge is 0.342 e. The number of carbonyl (C=O) groups is 3. The molecule has 3 amide bonds. The van der Waals surface area contributed by atoms with Gasteiger partial charge in [-0.05, 0) is 66.6 Å². The molecule has 0 saturated heterocycles. The minimum Gasteiger partial charge on any atom is -0.342 e. The van der Waals surface area contributed by atoms with Crippen molar-refractivity contribution in [2.24, 2.45) is 0 Å². The zero-order valence-corrected chi connectivity index (χ0v) is 18.6.